The molecule has 0 bridgehead atoms. The fraction of sp³-hybridized carbons (Fsp3) is 0.0625. The lowest BCUT2D eigenvalue weighted by Gasteiger charge is -2.06. The number of hydrogen-bond donors (Lipinski definition) is 1. The molecule has 18 heavy (non-hydrogen) atoms. The Balaban J connectivity index is 2.11. The maximum atomic E-state index is 4.40. The van der Waals surface area contributed by atoms with E-state index in [0.717, 1.165) is 22.8 Å². The number of rotatable bonds is 4. The Morgan fingerprint density at radius 1 is 1.00 bits per heavy atom. The van der Waals surface area contributed by atoms with E-state index in [4.69, 9.17) is 0 Å². The number of benzene rings is 2. The number of nitrogens with one attached hydrogen (secondary N) is 1. The van der Waals surface area contributed by atoms with E-state index in [2.05, 4.69) is 16.9 Å². The number of aliphatic imine (C=N–C) groups is 1. The molecule has 0 amide bonds. The van der Waals surface area contributed by atoms with Gasteiger partial charge in [0.2, 0.25) is 0 Å². The fourth-order valence-corrected chi connectivity index (χ4v) is 1.56. The van der Waals surface area contributed by atoms with Gasteiger partial charge in [-0.3, -0.25) is 4.99 Å². The van der Waals surface area contributed by atoms with E-state index < -0.39 is 0 Å². The minimum atomic E-state index is 0.916. The van der Waals surface area contributed by atoms with Gasteiger partial charge in [0.25, 0.3) is 0 Å². The third-order valence-electron chi connectivity index (χ3n) is 2.53. The van der Waals surface area contributed by atoms with Crippen molar-refractivity contribution in [1.82, 2.24) is 0 Å². The Kier molecular flexibility index (Phi) is 3.92. The SMILES string of the molecule is C=C/C(C)=N\c1ccc(Nc2ccccc2)cc1. The van der Waals surface area contributed by atoms with E-state index in [1.54, 1.807) is 6.08 Å². The summed E-state index contributed by atoms with van der Waals surface area (Å²) in [5.74, 6) is 0. The third-order valence-corrected chi connectivity index (χ3v) is 2.53. The second-order valence-corrected chi connectivity index (χ2v) is 4.00. The average molecular weight is 236 g/mol. The Labute approximate surface area is 108 Å². The van der Waals surface area contributed by atoms with Crippen LogP contribution in [0.5, 0.6) is 0 Å². The molecule has 2 aromatic carbocycles. The molecule has 0 atom stereocenters. The summed E-state index contributed by atoms with van der Waals surface area (Å²) in [5.41, 5.74) is 3.98. The van der Waals surface area contributed by atoms with Crippen LogP contribution >= 0.6 is 0 Å². The summed E-state index contributed by atoms with van der Waals surface area (Å²) < 4.78 is 0. The highest BCUT2D eigenvalue weighted by atomic mass is 14.9. The van der Waals surface area contributed by atoms with E-state index in [1.807, 2.05) is 61.5 Å². The zero-order chi connectivity index (χ0) is 12.8. The molecular weight excluding hydrogens is 220 g/mol. The Bertz CT molecular complexity index is 539. The van der Waals surface area contributed by atoms with Crippen LogP contribution in [0.1, 0.15) is 6.92 Å². The summed E-state index contributed by atoms with van der Waals surface area (Å²) in [6.07, 6.45) is 1.75. The summed E-state index contributed by atoms with van der Waals surface area (Å²) >= 11 is 0. The number of para-hydroxylation sites is 1. The molecule has 0 aliphatic carbocycles. The van der Waals surface area contributed by atoms with Crippen LogP contribution in [0.15, 0.2) is 72.2 Å². The largest absolute Gasteiger partial charge is 0.356 e. The molecule has 0 aliphatic rings. The minimum Gasteiger partial charge on any atom is -0.356 e. The smallest absolute Gasteiger partial charge is 0.0634 e. The van der Waals surface area contributed by atoms with Gasteiger partial charge in [-0.25, -0.2) is 0 Å². The first-order valence-corrected chi connectivity index (χ1v) is 5.88. The molecule has 2 nitrogen and oxygen atoms in total. The van der Waals surface area contributed by atoms with E-state index in [-0.39, 0.29) is 0 Å². The summed E-state index contributed by atoms with van der Waals surface area (Å²) in [5, 5.41) is 3.33. The van der Waals surface area contributed by atoms with E-state index >= 15 is 0 Å². The molecule has 2 rings (SSSR count). The third kappa shape index (κ3) is 3.32. The fourth-order valence-electron chi connectivity index (χ4n) is 1.56. The van der Waals surface area contributed by atoms with Gasteiger partial charge < -0.3 is 5.32 Å². The van der Waals surface area contributed by atoms with Gasteiger partial charge in [-0.1, -0.05) is 24.8 Å². The van der Waals surface area contributed by atoms with Gasteiger partial charge in [0.05, 0.1) is 5.69 Å². The van der Waals surface area contributed by atoms with Crippen molar-refractivity contribution < 1.29 is 0 Å². The van der Waals surface area contributed by atoms with Crippen molar-refractivity contribution in [2.45, 2.75) is 6.92 Å². The number of nitrogens with zero attached hydrogens (tertiary/aromatic N) is 1. The zero-order valence-electron chi connectivity index (χ0n) is 10.4. The molecule has 0 fully saturated rings. The monoisotopic (exact) mass is 236 g/mol. The normalized spacial score (nSPS) is 11.1. The molecule has 0 saturated heterocycles. The lowest BCUT2D eigenvalue weighted by molar-refractivity contribution is 1.48. The lowest BCUT2D eigenvalue weighted by Crippen LogP contribution is -1.88. The molecule has 0 radical (unpaired) electrons. The molecule has 0 saturated carbocycles. The molecular formula is C16H16N2. The number of anilines is 2. The molecule has 2 heteroatoms. The van der Waals surface area contributed by atoms with E-state index in [1.165, 1.54) is 0 Å². The molecule has 0 spiro atoms. The highest BCUT2D eigenvalue weighted by molar-refractivity contribution is 5.94. The maximum Gasteiger partial charge on any atom is 0.0634 e. The topological polar surface area (TPSA) is 24.4 Å². The molecule has 0 aromatic heterocycles. The van der Waals surface area contributed by atoms with Gasteiger partial charge in [0, 0.05) is 17.1 Å². The standard InChI is InChI=1S/C16H16N2/c1-3-13(2)17-15-9-11-16(12-10-15)18-14-7-5-4-6-8-14/h3-12,18H,1H2,2H3/b17-13-. The van der Waals surface area contributed by atoms with Crippen LogP contribution in [0.2, 0.25) is 0 Å². The quantitative estimate of drug-likeness (QED) is 0.764. The maximum absolute atomic E-state index is 4.40. The minimum absolute atomic E-state index is 0.916. The molecule has 90 valence electrons. The van der Waals surface area contributed by atoms with Crippen LogP contribution in [0.4, 0.5) is 17.1 Å². The van der Waals surface area contributed by atoms with Crippen molar-refractivity contribution in [2.75, 3.05) is 5.32 Å². The molecule has 0 heterocycles. The summed E-state index contributed by atoms with van der Waals surface area (Å²) in [6.45, 7) is 5.62. The Morgan fingerprint density at radius 3 is 2.22 bits per heavy atom. The van der Waals surface area contributed by atoms with Crippen LogP contribution in [0.25, 0.3) is 0 Å². The molecule has 0 unspecified atom stereocenters. The van der Waals surface area contributed by atoms with Crippen LogP contribution in [-0.2, 0) is 0 Å². The first-order valence-electron chi connectivity index (χ1n) is 5.88. The highest BCUT2D eigenvalue weighted by Crippen LogP contribution is 2.20. The van der Waals surface area contributed by atoms with Gasteiger partial charge in [-0.15, -0.1) is 0 Å². The van der Waals surface area contributed by atoms with E-state index in [9.17, 15) is 0 Å². The average Bonchev–Trinajstić information content (AvgIpc) is 2.42. The van der Waals surface area contributed by atoms with Gasteiger partial charge >= 0.3 is 0 Å². The van der Waals surface area contributed by atoms with Crippen molar-refractivity contribution in [3.05, 3.63) is 67.3 Å². The van der Waals surface area contributed by atoms with E-state index in [0.29, 0.717) is 0 Å². The lowest BCUT2D eigenvalue weighted by atomic mass is 10.2. The first kappa shape index (κ1) is 12.1. The predicted octanol–water partition coefficient (Wildman–Crippen LogP) is 4.71. The van der Waals surface area contributed by atoms with Crippen LogP contribution in [0.3, 0.4) is 0 Å². The number of allylic oxidation sites excluding steroid dienone is 1. The van der Waals surface area contributed by atoms with Gasteiger partial charge in [-0.2, -0.15) is 0 Å². The summed E-state index contributed by atoms with van der Waals surface area (Å²) in [7, 11) is 0. The predicted molar refractivity (Wildman–Crippen MR) is 79.1 cm³/mol. The second kappa shape index (κ2) is 5.82. The summed E-state index contributed by atoms with van der Waals surface area (Å²) in [4.78, 5) is 4.40. The first-order chi connectivity index (χ1) is 8.78. The van der Waals surface area contributed by atoms with Crippen molar-refractivity contribution >= 4 is 22.8 Å². The van der Waals surface area contributed by atoms with Crippen molar-refractivity contribution in [1.29, 1.82) is 0 Å². The van der Waals surface area contributed by atoms with Crippen molar-refractivity contribution in [2.24, 2.45) is 4.99 Å². The van der Waals surface area contributed by atoms with Gasteiger partial charge in [0.15, 0.2) is 0 Å². The molecule has 1 N–H and O–H groups in total. The van der Waals surface area contributed by atoms with Crippen LogP contribution in [-0.4, -0.2) is 5.71 Å². The highest BCUT2D eigenvalue weighted by Gasteiger charge is 1.94. The summed E-state index contributed by atoms with van der Waals surface area (Å²) in [6, 6.07) is 18.1. The zero-order valence-corrected chi connectivity index (χ0v) is 10.4. The van der Waals surface area contributed by atoms with Crippen molar-refractivity contribution in [3.63, 3.8) is 0 Å². The molecule has 0 aliphatic heterocycles. The second-order valence-electron chi connectivity index (χ2n) is 4.00. The number of hydrogen-bond acceptors (Lipinski definition) is 2. The molecule has 2 aromatic rings. The van der Waals surface area contributed by atoms with Crippen LogP contribution < -0.4 is 5.32 Å². The van der Waals surface area contributed by atoms with Crippen LogP contribution in [0, 0.1) is 0 Å². The Hall–Kier alpha value is -2.35. The Morgan fingerprint density at radius 2 is 1.61 bits per heavy atom. The van der Waals surface area contributed by atoms with Gasteiger partial charge in [0.1, 0.15) is 0 Å². The van der Waals surface area contributed by atoms with Crippen molar-refractivity contribution in [3.8, 4) is 0 Å². The van der Waals surface area contributed by atoms with Gasteiger partial charge in [-0.05, 0) is 49.4 Å².